The zero-order valence-corrected chi connectivity index (χ0v) is 14.0. The minimum Gasteiger partial charge on any atom is -0.355 e. The van der Waals surface area contributed by atoms with Crippen LogP contribution in [0.1, 0.15) is 29.6 Å². The minimum absolute atomic E-state index is 0.131. The van der Waals surface area contributed by atoms with Crippen molar-refractivity contribution < 1.29 is 9.59 Å². The Kier molecular flexibility index (Phi) is 4.42. The van der Waals surface area contributed by atoms with E-state index in [-0.39, 0.29) is 23.5 Å². The fourth-order valence-corrected chi connectivity index (χ4v) is 3.24. The Morgan fingerprint density at radius 2 is 1.62 bits per heavy atom. The summed E-state index contributed by atoms with van der Waals surface area (Å²) < 4.78 is 0. The quantitative estimate of drug-likeness (QED) is 0.563. The van der Waals surface area contributed by atoms with Crippen LogP contribution in [0.4, 0.5) is 0 Å². The maximum atomic E-state index is 11.9. The molecule has 7 nitrogen and oxygen atoms in total. The summed E-state index contributed by atoms with van der Waals surface area (Å²) in [5, 5.41) is 20.7. The van der Waals surface area contributed by atoms with Gasteiger partial charge < -0.3 is 21.3 Å². The van der Waals surface area contributed by atoms with Crippen LogP contribution in [0.2, 0.25) is 0 Å². The lowest BCUT2D eigenvalue weighted by Gasteiger charge is -2.30. The third-order valence-corrected chi connectivity index (χ3v) is 4.36. The molecule has 2 aliphatic heterocycles. The van der Waals surface area contributed by atoms with Crippen LogP contribution in [-0.4, -0.2) is 22.0 Å². The van der Waals surface area contributed by atoms with Crippen LogP contribution in [0.3, 0.4) is 0 Å². The summed E-state index contributed by atoms with van der Waals surface area (Å²) in [5.41, 5.74) is 1.66. The largest absolute Gasteiger partial charge is 0.355 e. The molecule has 0 saturated carbocycles. The van der Waals surface area contributed by atoms with Gasteiger partial charge in [-0.05, 0) is 35.6 Å². The summed E-state index contributed by atoms with van der Waals surface area (Å²) in [4.78, 5) is 23.5. The third-order valence-electron chi connectivity index (χ3n) is 3.92. The molecule has 4 N–H and O–H groups in total. The van der Waals surface area contributed by atoms with Gasteiger partial charge in [-0.2, -0.15) is 5.26 Å². The van der Waals surface area contributed by atoms with Gasteiger partial charge in [-0.15, -0.1) is 0 Å². The number of carbonyl (C=O) groups excluding carboxylic acids is 2. The number of hydrogen-bond acceptors (Lipinski definition) is 5. The van der Waals surface area contributed by atoms with Crippen molar-refractivity contribution in [3.8, 4) is 6.07 Å². The van der Waals surface area contributed by atoms with E-state index in [9.17, 15) is 14.9 Å². The molecule has 2 amide bonds. The molecule has 2 heterocycles. The van der Waals surface area contributed by atoms with Crippen molar-refractivity contribution in [1.82, 2.24) is 21.3 Å². The molecule has 0 spiro atoms. The van der Waals surface area contributed by atoms with Gasteiger partial charge in [0.2, 0.25) is 11.8 Å². The highest BCUT2D eigenvalue weighted by Gasteiger charge is 2.35. The first kappa shape index (κ1) is 16.3. The highest BCUT2D eigenvalue weighted by Crippen LogP contribution is 2.27. The topological polar surface area (TPSA) is 106 Å². The predicted molar refractivity (Wildman–Crippen MR) is 93.4 cm³/mol. The fraction of sp³-hybridized carbons (Fsp3) is 0.267. The van der Waals surface area contributed by atoms with E-state index in [2.05, 4.69) is 21.3 Å². The second kappa shape index (κ2) is 6.51. The highest BCUT2D eigenvalue weighted by molar-refractivity contribution is 7.80. The lowest BCUT2D eigenvalue weighted by molar-refractivity contribution is -0.123. The van der Waals surface area contributed by atoms with Crippen LogP contribution >= 0.6 is 24.4 Å². The highest BCUT2D eigenvalue weighted by atomic mass is 32.1. The van der Waals surface area contributed by atoms with E-state index in [0.29, 0.717) is 5.11 Å². The van der Waals surface area contributed by atoms with Gasteiger partial charge >= 0.3 is 0 Å². The molecule has 122 valence electrons. The van der Waals surface area contributed by atoms with Gasteiger partial charge in [-0.3, -0.25) is 9.59 Å². The van der Waals surface area contributed by atoms with Crippen molar-refractivity contribution in [3.63, 3.8) is 0 Å². The van der Waals surface area contributed by atoms with Crippen molar-refractivity contribution in [2.45, 2.75) is 18.5 Å². The molecule has 2 fully saturated rings. The molecule has 1 aromatic carbocycles. The molecule has 0 unspecified atom stereocenters. The van der Waals surface area contributed by atoms with Crippen molar-refractivity contribution in [1.29, 1.82) is 5.26 Å². The standard InChI is InChI=1S/C15H13N5O2S2/c16-6-9-12(19-15(24)20-13(9)22)8-3-1-7(2-4-8)10-5-11(21)18-14(23)17-10/h1-4,9-10,12H,5H2,(H2,17,18,21,23)(H2,19,20,22,24)/t9-,10+,12-/m0/s1. The van der Waals surface area contributed by atoms with Crippen LogP contribution in [-0.2, 0) is 9.59 Å². The molecule has 3 rings (SSSR count). The smallest absolute Gasteiger partial charge is 0.245 e. The Balaban J connectivity index is 1.82. The summed E-state index contributed by atoms with van der Waals surface area (Å²) >= 11 is 9.99. The maximum absolute atomic E-state index is 11.9. The predicted octanol–water partition coefficient (Wildman–Crippen LogP) is 0.307. The van der Waals surface area contributed by atoms with E-state index in [1.807, 2.05) is 30.3 Å². The fourth-order valence-electron chi connectivity index (χ4n) is 2.76. The lowest BCUT2D eigenvalue weighted by atomic mass is 9.90. The van der Waals surface area contributed by atoms with Crippen LogP contribution in [0.25, 0.3) is 0 Å². The molecule has 2 aliphatic rings. The number of thiocarbonyl (C=S) groups is 2. The first-order valence-corrected chi connectivity index (χ1v) is 8.01. The SMILES string of the molecule is N#C[C@@H]1C(=O)NC(=S)N[C@H]1c1ccc([C@H]2CC(=O)NC(=S)N2)cc1. The number of carbonyl (C=O) groups is 2. The monoisotopic (exact) mass is 359 g/mol. The Morgan fingerprint density at radius 1 is 1.00 bits per heavy atom. The summed E-state index contributed by atoms with van der Waals surface area (Å²) in [5.74, 6) is -1.41. The Labute approximate surface area is 148 Å². The number of hydrogen-bond donors (Lipinski definition) is 4. The van der Waals surface area contributed by atoms with Crippen molar-refractivity contribution in [3.05, 3.63) is 35.4 Å². The summed E-state index contributed by atoms with van der Waals surface area (Å²) in [6, 6.07) is 8.62. The summed E-state index contributed by atoms with van der Waals surface area (Å²) in [6.45, 7) is 0. The average molecular weight is 359 g/mol. The van der Waals surface area contributed by atoms with Crippen LogP contribution in [0, 0.1) is 17.2 Å². The molecule has 1 aromatic rings. The van der Waals surface area contributed by atoms with Gasteiger partial charge in [0.05, 0.1) is 24.6 Å². The van der Waals surface area contributed by atoms with E-state index in [4.69, 9.17) is 24.4 Å². The normalized spacial score (nSPS) is 26.5. The molecular formula is C15H13N5O2S2. The maximum Gasteiger partial charge on any atom is 0.245 e. The number of amides is 2. The van der Waals surface area contributed by atoms with Crippen LogP contribution in [0.5, 0.6) is 0 Å². The van der Waals surface area contributed by atoms with Gasteiger partial charge in [-0.1, -0.05) is 24.3 Å². The van der Waals surface area contributed by atoms with E-state index in [1.165, 1.54) is 0 Å². The van der Waals surface area contributed by atoms with Gasteiger partial charge in [0, 0.05) is 0 Å². The number of rotatable bonds is 2. The molecule has 0 radical (unpaired) electrons. The van der Waals surface area contributed by atoms with Crippen molar-refractivity contribution in [2.24, 2.45) is 5.92 Å². The van der Waals surface area contributed by atoms with Gasteiger partial charge in [0.1, 0.15) is 5.92 Å². The van der Waals surface area contributed by atoms with Crippen molar-refractivity contribution >= 4 is 46.5 Å². The number of nitriles is 1. The Bertz CT molecular complexity index is 755. The van der Waals surface area contributed by atoms with E-state index < -0.39 is 17.9 Å². The van der Waals surface area contributed by atoms with E-state index >= 15 is 0 Å². The average Bonchev–Trinajstić information content (AvgIpc) is 2.53. The molecule has 0 aromatic heterocycles. The molecular weight excluding hydrogens is 346 g/mol. The van der Waals surface area contributed by atoms with Gasteiger partial charge in [0.25, 0.3) is 0 Å². The minimum atomic E-state index is -0.867. The van der Waals surface area contributed by atoms with E-state index in [0.717, 1.165) is 11.1 Å². The van der Waals surface area contributed by atoms with Crippen LogP contribution in [0.15, 0.2) is 24.3 Å². The molecule has 9 heteroatoms. The van der Waals surface area contributed by atoms with Gasteiger partial charge in [-0.25, -0.2) is 0 Å². The molecule has 24 heavy (non-hydrogen) atoms. The van der Waals surface area contributed by atoms with Crippen molar-refractivity contribution in [2.75, 3.05) is 0 Å². The lowest BCUT2D eigenvalue weighted by Crippen LogP contribution is -2.53. The molecule has 0 bridgehead atoms. The van der Waals surface area contributed by atoms with E-state index in [1.54, 1.807) is 0 Å². The first-order valence-electron chi connectivity index (χ1n) is 7.19. The summed E-state index contributed by atoms with van der Waals surface area (Å²) in [7, 11) is 0. The zero-order chi connectivity index (χ0) is 17.3. The first-order chi connectivity index (χ1) is 11.5. The molecule has 0 aliphatic carbocycles. The Hall–Kier alpha value is -2.57. The number of nitrogens with zero attached hydrogens (tertiary/aromatic N) is 1. The second-order valence-electron chi connectivity index (χ2n) is 5.49. The zero-order valence-electron chi connectivity index (χ0n) is 12.3. The van der Waals surface area contributed by atoms with Crippen LogP contribution < -0.4 is 21.3 Å². The van der Waals surface area contributed by atoms with Gasteiger partial charge in [0.15, 0.2) is 10.2 Å². The number of nitrogens with one attached hydrogen (secondary N) is 4. The Morgan fingerprint density at radius 3 is 2.25 bits per heavy atom. The third kappa shape index (κ3) is 3.20. The summed E-state index contributed by atoms with van der Waals surface area (Å²) in [6.07, 6.45) is 0.286. The molecule has 2 saturated heterocycles. The number of benzene rings is 1. The molecule has 3 atom stereocenters. The second-order valence-corrected chi connectivity index (χ2v) is 6.31.